The number of aromatic nitrogens is 3. The maximum absolute atomic E-state index is 13.4. The lowest BCUT2D eigenvalue weighted by Gasteiger charge is -2.05. The summed E-state index contributed by atoms with van der Waals surface area (Å²) in [7, 11) is 0. The van der Waals surface area contributed by atoms with Crippen molar-refractivity contribution in [1.29, 1.82) is 5.26 Å². The fourth-order valence-corrected chi connectivity index (χ4v) is 1.57. The fraction of sp³-hybridized carbons (Fsp3) is 0.167. The number of nitrogens with two attached hydrogens (primary N) is 1. The number of carbonyl (C=O) groups excluding carboxylic acids is 1. The summed E-state index contributed by atoms with van der Waals surface area (Å²) >= 11 is 0. The summed E-state index contributed by atoms with van der Waals surface area (Å²) in [4.78, 5) is 11.9. The van der Waals surface area contributed by atoms with Crippen molar-refractivity contribution in [1.82, 2.24) is 15.0 Å². The first kappa shape index (κ1) is 13.6. The van der Waals surface area contributed by atoms with E-state index in [0.29, 0.717) is 13.1 Å². The Kier molecular flexibility index (Phi) is 4.02. The molecule has 3 N–H and O–H groups in total. The Labute approximate surface area is 113 Å². The highest BCUT2D eigenvalue weighted by Gasteiger charge is 2.14. The van der Waals surface area contributed by atoms with Crippen molar-refractivity contribution in [2.45, 2.75) is 6.54 Å². The molecule has 2 aromatic rings. The molecule has 1 aromatic carbocycles. The van der Waals surface area contributed by atoms with E-state index in [9.17, 15) is 9.18 Å². The molecule has 8 heteroatoms. The van der Waals surface area contributed by atoms with E-state index in [4.69, 9.17) is 11.0 Å². The topological polar surface area (TPSA) is 110 Å². The number of amides is 1. The minimum absolute atomic E-state index is 0.0617. The molecule has 1 aromatic heterocycles. The van der Waals surface area contributed by atoms with Crippen molar-refractivity contribution in [3.8, 4) is 6.07 Å². The number of hydrogen-bond donors (Lipinski definition) is 2. The van der Waals surface area contributed by atoms with Gasteiger partial charge in [0.1, 0.15) is 17.4 Å². The van der Waals surface area contributed by atoms with Crippen molar-refractivity contribution < 1.29 is 9.18 Å². The van der Waals surface area contributed by atoms with Gasteiger partial charge in [-0.05, 0) is 12.1 Å². The zero-order valence-corrected chi connectivity index (χ0v) is 10.4. The van der Waals surface area contributed by atoms with Crippen LogP contribution in [0.3, 0.4) is 0 Å². The number of nitrogens with one attached hydrogen (secondary N) is 1. The standard InChI is InChI=1S/C12H11FN6O/c13-9-2-1-3-10(8(9)6-15)16-12(20)11-7-19(5-4-14)18-17-11/h1-3,7H,4-5,14H2,(H,16,20). The molecule has 1 heterocycles. The highest BCUT2D eigenvalue weighted by atomic mass is 19.1. The second kappa shape index (κ2) is 5.90. The quantitative estimate of drug-likeness (QED) is 0.843. The largest absolute Gasteiger partial charge is 0.329 e. The molecule has 0 aliphatic carbocycles. The van der Waals surface area contributed by atoms with Gasteiger partial charge < -0.3 is 11.1 Å². The zero-order chi connectivity index (χ0) is 14.5. The number of benzene rings is 1. The van der Waals surface area contributed by atoms with E-state index in [-0.39, 0.29) is 16.9 Å². The Morgan fingerprint density at radius 3 is 3.05 bits per heavy atom. The lowest BCUT2D eigenvalue weighted by Crippen LogP contribution is -2.14. The van der Waals surface area contributed by atoms with Crippen molar-refractivity contribution >= 4 is 11.6 Å². The molecule has 0 aliphatic heterocycles. The molecule has 2 rings (SSSR count). The third-order valence-corrected chi connectivity index (χ3v) is 2.50. The van der Waals surface area contributed by atoms with Crippen molar-refractivity contribution in [2.75, 3.05) is 11.9 Å². The van der Waals surface area contributed by atoms with Gasteiger partial charge in [-0.25, -0.2) is 4.39 Å². The SMILES string of the molecule is N#Cc1c(F)cccc1NC(=O)c1cn(CCN)nn1. The summed E-state index contributed by atoms with van der Waals surface area (Å²) in [6, 6.07) is 5.68. The molecule has 1 amide bonds. The Bertz CT molecular complexity index is 675. The second-order valence-corrected chi connectivity index (χ2v) is 3.88. The smallest absolute Gasteiger partial charge is 0.277 e. The van der Waals surface area contributed by atoms with Crippen molar-refractivity contribution in [3.63, 3.8) is 0 Å². The van der Waals surface area contributed by atoms with Crippen LogP contribution in [0.5, 0.6) is 0 Å². The van der Waals surface area contributed by atoms with Crippen LogP contribution in [0.1, 0.15) is 16.1 Å². The first-order chi connectivity index (χ1) is 9.65. The average molecular weight is 274 g/mol. The van der Waals surface area contributed by atoms with E-state index in [0.717, 1.165) is 6.07 Å². The Morgan fingerprint density at radius 2 is 2.35 bits per heavy atom. The Morgan fingerprint density at radius 1 is 1.55 bits per heavy atom. The van der Waals surface area contributed by atoms with Gasteiger partial charge in [-0.3, -0.25) is 9.48 Å². The zero-order valence-electron chi connectivity index (χ0n) is 10.4. The lowest BCUT2D eigenvalue weighted by molar-refractivity contribution is 0.102. The van der Waals surface area contributed by atoms with Crippen LogP contribution >= 0.6 is 0 Å². The molecule has 0 aliphatic rings. The van der Waals surface area contributed by atoms with Gasteiger partial charge in [0.05, 0.1) is 18.4 Å². The van der Waals surface area contributed by atoms with Gasteiger partial charge in [0.25, 0.3) is 5.91 Å². The number of nitriles is 1. The Hall–Kier alpha value is -2.79. The third kappa shape index (κ3) is 2.78. The van der Waals surface area contributed by atoms with Gasteiger partial charge in [0.15, 0.2) is 5.69 Å². The fourth-order valence-electron chi connectivity index (χ4n) is 1.57. The van der Waals surface area contributed by atoms with E-state index in [2.05, 4.69) is 15.6 Å². The highest BCUT2D eigenvalue weighted by molar-refractivity contribution is 6.03. The van der Waals surface area contributed by atoms with Gasteiger partial charge in [0, 0.05) is 6.54 Å². The second-order valence-electron chi connectivity index (χ2n) is 3.88. The molecule has 0 saturated carbocycles. The molecule has 0 radical (unpaired) electrons. The summed E-state index contributed by atoms with van der Waals surface area (Å²) in [6.45, 7) is 0.802. The molecule has 0 fully saturated rings. The summed E-state index contributed by atoms with van der Waals surface area (Å²) < 4.78 is 14.8. The number of rotatable bonds is 4. The summed E-state index contributed by atoms with van der Waals surface area (Å²) in [5.41, 5.74) is 5.28. The molecule has 20 heavy (non-hydrogen) atoms. The summed E-state index contributed by atoms with van der Waals surface area (Å²) in [5, 5.41) is 18.7. The van der Waals surface area contributed by atoms with Crippen LogP contribution in [0.25, 0.3) is 0 Å². The maximum Gasteiger partial charge on any atom is 0.277 e. The predicted molar refractivity (Wildman–Crippen MR) is 68.1 cm³/mol. The first-order valence-corrected chi connectivity index (χ1v) is 5.76. The Balaban J connectivity index is 2.19. The van der Waals surface area contributed by atoms with Gasteiger partial charge in [0.2, 0.25) is 0 Å². The van der Waals surface area contributed by atoms with Gasteiger partial charge >= 0.3 is 0 Å². The molecule has 7 nitrogen and oxygen atoms in total. The minimum atomic E-state index is -0.697. The van der Waals surface area contributed by atoms with E-state index < -0.39 is 11.7 Å². The van der Waals surface area contributed by atoms with Crippen molar-refractivity contribution in [3.05, 3.63) is 41.5 Å². The van der Waals surface area contributed by atoms with Crippen LogP contribution < -0.4 is 11.1 Å². The van der Waals surface area contributed by atoms with E-state index in [1.807, 2.05) is 0 Å². The van der Waals surface area contributed by atoms with Crippen LogP contribution in [-0.4, -0.2) is 27.4 Å². The van der Waals surface area contributed by atoms with Crippen LogP contribution in [0, 0.1) is 17.1 Å². The summed E-state index contributed by atoms with van der Waals surface area (Å²) in [6.07, 6.45) is 1.42. The van der Waals surface area contributed by atoms with E-state index >= 15 is 0 Å². The van der Waals surface area contributed by atoms with Crippen LogP contribution in [0.4, 0.5) is 10.1 Å². The summed E-state index contributed by atoms with van der Waals surface area (Å²) in [5.74, 6) is -1.27. The monoisotopic (exact) mass is 274 g/mol. The molecule has 0 atom stereocenters. The van der Waals surface area contributed by atoms with Crippen LogP contribution in [0.2, 0.25) is 0 Å². The van der Waals surface area contributed by atoms with Crippen LogP contribution in [-0.2, 0) is 6.54 Å². The minimum Gasteiger partial charge on any atom is -0.329 e. The number of anilines is 1. The average Bonchev–Trinajstić information content (AvgIpc) is 2.88. The maximum atomic E-state index is 13.4. The molecule has 0 saturated heterocycles. The molecule has 0 spiro atoms. The van der Waals surface area contributed by atoms with Gasteiger partial charge in [-0.1, -0.05) is 11.3 Å². The van der Waals surface area contributed by atoms with E-state index in [1.165, 1.54) is 23.0 Å². The van der Waals surface area contributed by atoms with Gasteiger partial charge in [-0.15, -0.1) is 5.10 Å². The third-order valence-electron chi connectivity index (χ3n) is 2.50. The lowest BCUT2D eigenvalue weighted by atomic mass is 10.2. The molecule has 0 bridgehead atoms. The molecular formula is C12H11FN6O. The number of halogens is 1. The molecular weight excluding hydrogens is 263 g/mol. The number of hydrogen-bond acceptors (Lipinski definition) is 5. The molecule has 0 unspecified atom stereocenters. The van der Waals surface area contributed by atoms with Crippen molar-refractivity contribution in [2.24, 2.45) is 5.73 Å². The number of nitrogens with zero attached hydrogens (tertiary/aromatic N) is 4. The normalized spacial score (nSPS) is 10.1. The molecule has 102 valence electrons. The van der Waals surface area contributed by atoms with E-state index in [1.54, 1.807) is 6.07 Å². The highest BCUT2D eigenvalue weighted by Crippen LogP contribution is 2.18. The number of carbonyl (C=O) groups is 1. The van der Waals surface area contributed by atoms with Crippen LogP contribution in [0.15, 0.2) is 24.4 Å². The van der Waals surface area contributed by atoms with Gasteiger partial charge in [-0.2, -0.15) is 5.26 Å². The predicted octanol–water partition coefficient (Wildman–Crippen LogP) is 0.500. The first-order valence-electron chi connectivity index (χ1n) is 5.76.